The summed E-state index contributed by atoms with van der Waals surface area (Å²) in [6.45, 7) is 7.62. The van der Waals surface area contributed by atoms with Gasteiger partial charge in [0.2, 0.25) is 5.91 Å². The van der Waals surface area contributed by atoms with Gasteiger partial charge in [0, 0.05) is 12.6 Å². The van der Waals surface area contributed by atoms with Crippen molar-refractivity contribution in [3.63, 3.8) is 0 Å². The van der Waals surface area contributed by atoms with Gasteiger partial charge in [0.05, 0.1) is 0 Å². The van der Waals surface area contributed by atoms with Gasteiger partial charge in [-0.3, -0.25) is 4.79 Å². The zero-order valence-electron chi connectivity index (χ0n) is 7.81. The predicted molar refractivity (Wildman–Crippen MR) is 47.8 cm³/mol. The molecule has 0 aromatic rings. The summed E-state index contributed by atoms with van der Waals surface area (Å²) in [6.07, 6.45) is 0. The Morgan fingerprint density at radius 1 is 1.45 bits per heavy atom. The molecule has 0 aliphatic carbocycles. The Morgan fingerprint density at radius 3 is 1.91 bits per heavy atom. The predicted octanol–water partition coefficient (Wildman–Crippen LogP) is 1.87. The molecule has 0 aliphatic heterocycles. The molecule has 0 rings (SSSR count). The SMILES string of the molecule is CC(Cl)C(=O)N(C)C(C)(C)C. The average Bonchev–Trinajstić information content (AvgIpc) is 1.82. The molecule has 1 atom stereocenters. The molecule has 0 aromatic carbocycles. The first kappa shape index (κ1) is 10.8. The highest BCUT2D eigenvalue weighted by Crippen LogP contribution is 2.13. The lowest BCUT2D eigenvalue weighted by atomic mass is 10.1. The van der Waals surface area contributed by atoms with E-state index in [-0.39, 0.29) is 11.4 Å². The Kier molecular flexibility index (Phi) is 3.36. The van der Waals surface area contributed by atoms with Crippen molar-refractivity contribution in [2.75, 3.05) is 7.05 Å². The van der Waals surface area contributed by atoms with Gasteiger partial charge in [-0.05, 0) is 27.7 Å². The molecule has 2 nitrogen and oxygen atoms in total. The minimum Gasteiger partial charge on any atom is -0.340 e. The molecular formula is C8H16ClNO. The molecule has 66 valence electrons. The number of carbonyl (C=O) groups excluding carboxylic acids is 1. The lowest BCUT2D eigenvalue weighted by molar-refractivity contribution is -0.133. The van der Waals surface area contributed by atoms with E-state index in [4.69, 9.17) is 11.6 Å². The standard InChI is InChI=1S/C8H16ClNO/c1-6(9)7(11)10(5)8(2,3)4/h6H,1-5H3. The van der Waals surface area contributed by atoms with Crippen molar-refractivity contribution >= 4 is 17.5 Å². The number of amides is 1. The zero-order valence-corrected chi connectivity index (χ0v) is 8.57. The Balaban J connectivity index is 4.26. The van der Waals surface area contributed by atoms with Crippen LogP contribution >= 0.6 is 11.6 Å². The van der Waals surface area contributed by atoms with Crippen molar-refractivity contribution in [3.05, 3.63) is 0 Å². The van der Waals surface area contributed by atoms with E-state index < -0.39 is 5.38 Å². The van der Waals surface area contributed by atoms with E-state index in [0.717, 1.165) is 0 Å². The molecule has 0 aromatic heterocycles. The van der Waals surface area contributed by atoms with Crippen molar-refractivity contribution in [2.24, 2.45) is 0 Å². The van der Waals surface area contributed by atoms with E-state index in [9.17, 15) is 4.79 Å². The quantitative estimate of drug-likeness (QED) is 0.560. The van der Waals surface area contributed by atoms with E-state index in [1.807, 2.05) is 20.8 Å². The van der Waals surface area contributed by atoms with Crippen molar-refractivity contribution in [2.45, 2.75) is 38.6 Å². The molecule has 0 aliphatic rings. The van der Waals surface area contributed by atoms with Gasteiger partial charge in [-0.15, -0.1) is 11.6 Å². The third-order valence-corrected chi connectivity index (χ3v) is 1.86. The molecule has 0 bridgehead atoms. The highest BCUT2D eigenvalue weighted by molar-refractivity contribution is 6.30. The van der Waals surface area contributed by atoms with Crippen molar-refractivity contribution in [1.29, 1.82) is 0 Å². The van der Waals surface area contributed by atoms with Crippen LogP contribution in [0.3, 0.4) is 0 Å². The fraction of sp³-hybridized carbons (Fsp3) is 0.875. The Bertz CT molecular complexity index is 149. The molecule has 0 N–H and O–H groups in total. The van der Waals surface area contributed by atoms with Crippen LogP contribution in [-0.2, 0) is 4.79 Å². The monoisotopic (exact) mass is 177 g/mol. The number of hydrogen-bond donors (Lipinski definition) is 0. The summed E-state index contributed by atoms with van der Waals surface area (Å²) in [6, 6.07) is 0. The smallest absolute Gasteiger partial charge is 0.240 e. The number of alkyl halides is 1. The molecule has 0 saturated heterocycles. The Morgan fingerprint density at radius 2 is 1.82 bits per heavy atom. The summed E-state index contributed by atoms with van der Waals surface area (Å²) in [5.41, 5.74) is -0.139. The van der Waals surface area contributed by atoms with Gasteiger partial charge in [0.15, 0.2) is 0 Å². The first-order valence-corrected chi connectivity index (χ1v) is 4.12. The van der Waals surface area contributed by atoms with Crippen LogP contribution in [0.1, 0.15) is 27.7 Å². The van der Waals surface area contributed by atoms with Crippen LogP contribution in [-0.4, -0.2) is 28.8 Å². The van der Waals surface area contributed by atoms with Gasteiger partial charge in [0.1, 0.15) is 5.38 Å². The molecule has 0 saturated carbocycles. The summed E-state index contributed by atoms with van der Waals surface area (Å²) in [7, 11) is 1.77. The van der Waals surface area contributed by atoms with Gasteiger partial charge >= 0.3 is 0 Å². The van der Waals surface area contributed by atoms with E-state index >= 15 is 0 Å². The number of rotatable bonds is 1. The third-order valence-electron chi connectivity index (χ3n) is 1.68. The molecule has 3 heteroatoms. The lowest BCUT2D eigenvalue weighted by Crippen LogP contribution is -2.45. The van der Waals surface area contributed by atoms with Crippen LogP contribution in [0.25, 0.3) is 0 Å². The Labute approximate surface area is 73.5 Å². The number of nitrogens with zero attached hydrogens (tertiary/aromatic N) is 1. The van der Waals surface area contributed by atoms with E-state index in [0.29, 0.717) is 0 Å². The molecule has 0 spiro atoms. The number of hydrogen-bond acceptors (Lipinski definition) is 1. The number of carbonyl (C=O) groups is 1. The minimum absolute atomic E-state index is 0.0285. The molecule has 0 heterocycles. The van der Waals surface area contributed by atoms with Gasteiger partial charge in [0.25, 0.3) is 0 Å². The van der Waals surface area contributed by atoms with Crippen LogP contribution in [0.15, 0.2) is 0 Å². The molecule has 1 amide bonds. The maximum atomic E-state index is 11.3. The summed E-state index contributed by atoms with van der Waals surface area (Å²) < 4.78 is 0. The van der Waals surface area contributed by atoms with Crippen LogP contribution in [0.2, 0.25) is 0 Å². The van der Waals surface area contributed by atoms with Gasteiger partial charge in [-0.25, -0.2) is 0 Å². The van der Waals surface area contributed by atoms with Crippen LogP contribution in [0, 0.1) is 0 Å². The second-order valence-corrected chi connectivity index (χ2v) is 4.34. The third kappa shape index (κ3) is 3.10. The van der Waals surface area contributed by atoms with E-state index in [1.54, 1.807) is 18.9 Å². The minimum atomic E-state index is -0.431. The first-order valence-electron chi connectivity index (χ1n) is 3.68. The molecular weight excluding hydrogens is 162 g/mol. The van der Waals surface area contributed by atoms with Crippen molar-refractivity contribution in [1.82, 2.24) is 4.90 Å². The van der Waals surface area contributed by atoms with Crippen LogP contribution < -0.4 is 0 Å². The molecule has 0 radical (unpaired) electrons. The topological polar surface area (TPSA) is 20.3 Å². The molecule has 1 unspecified atom stereocenters. The Hall–Kier alpha value is -0.240. The highest BCUT2D eigenvalue weighted by atomic mass is 35.5. The molecule has 0 fully saturated rings. The zero-order chi connectivity index (χ0) is 9.23. The van der Waals surface area contributed by atoms with Gasteiger partial charge in [-0.1, -0.05) is 0 Å². The van der Waals surface area contributed by atoms with Gasteiger partial charge < -0.3 is 4.90 Å². The summed E-state index contributed by atoms with van der Waals surface area (Å²) in [4.78, 5) is 12.9. The van der Waals surface area contributed by atoms with Crippen molar-refractivity contribution < 1.29 is 4.79 Å². The fourth-order valence-corrected chi connectivity index (χ4v) is 0.744. The second kappa shape index (κ2) is 3.44. The second-order valence-electron chi connectivity index (χ2n) is 3.68. The maximum Gasteiger partial charge on any atom is 0.240 e. The first-order chi connectivity index (χ1) is 4.76. The van der Waals surface area contributed by atoms with Crippen LogP contribution in [0.5, 0.6) is 0 Å². The lowest BCUT2D eigenvalue weighted by Gasteiger charge is -2.32. The fourth-order valence-electron chi connectivity index (χ4n) is 0.597. The summed E-state index contributed by atoms with van der Waals surface area (Å²) >= 11 is 5.64. The average molecular weight is 178 g/mol. The van der Waals surface area contributed by atoms with Gasteiger partial charge in [-0.2, -0.15) is 0 Å². The summed E-state index contributed by atoms with van der Waals surface area (Å²) in [5, 5.41) is -0.431. The summed E-state index contributed by atoms with van der Waals surface area (Å²) in [5.74, 6) is -0.0285. The van der Waals surface area contributed by atoms with E-state index in [1.165, 1.54) is 0 Å². The highest BCUT2D eigenvalue weighted by Gasteiger charge is 2.24. The largest absolute Gasteiger partial charge is 0.340 e. The van der Waals surface area contributed by atoms with E-state index in [2.05, 4.69) is 0 Å². The van der Waals surface area contributed by atoms with Crippen LogP contribution in [0.4, 0.5) is 0 Å². The van der Waals surface area contributed by atoms with Crippen molar-refractivity contribution in [3.8, 4) is 0 Å². The maximum absolute atomic E-state index is 11.3. The molecule has 11 heavy (non-hydrogen) atoms. The number of halogens is 1. The normalized spacial score (nSPS) is 14.4.